The molecule has 1 fully saturated rings. The molecule has 0 saturated heterocycles. The van der Waals surface area contributed by atoms with Crippen molar-refractivity contribution in [2.24, 2.45) is 0 Å². The molecule has 0 atom stereocenters. The number of nitrogens with one attached hydrogen (secondary N) is 1. The van der Waals surface area contributed by atoms with Gasteiger partial charge in [0.1, 0.15) is 12.4 Å². The summed E-state index contributed by atoms with van der Waals surface area (Å²) in [6.45, 7) is 1.80. The van der Waals surface area contributed by atoms with Gasteiger partial charge in [-0.2, -0.15) is 0 Å². The lowest BCUT2D eigenvalue weighted by Gasteiger charge is -2.22. The summed E-state index contributed by atoms with van der Waals surface area (Å²) in [6, 6.07) is 13.8. The molecule has 1 aliphatic carbocycles. The summed E-state index contributed by atoms with van der Waals surface area (Å²) >= 11 is 0. The van der Waals surface area contributed by atoms with Gasteiger partial charge in [-0.05, 0) is 31.0 Å². The van der Waals surface area contributed by atoms with Crippen LogP contribution in [0, 0.1) is 0 Å². The van der Waals surface area contributed by atoms with E-state index in [4.69, 9.17) is 4.74 Å². The van der Waals surface area contributed by atoms with Crippen molar-refractivity contribution in [3.63, 3.8) is 0 Å². The number of para-hydroxylation sites is 1. The first kappa shape index (κ1) is 16.0. The number of benzene rings is 1. The summed E-state index contributed by atoms with van der Waals surface area (Å²) in [4.78, 5) is 4.27. The Labute approximate surface area is 137 Å². The largest absolute Gasteiger partial charge is 0.487 e. The lowest BCUT2D eigenvalue weighted by atomic mass is 10.0. The first-order valence-corrected chi connectivity index (χ1v) is 8.29. The molecule has 1 aromatic carbocycles. The number of hydrogen-bond acceptors (Lipinski definition) is 4. The van der Waals surface area contributed by atoms with Crippen LogP contribution in [0.2, 0.25) is 0 Å². The van der Waals surface area contributed by atoms with Crippen molar-refractivity contribution in [1.29, 1.82) is 0 Å². The second kappa shape index (κ2) is 7.57. The van der Waals surface area contributed by atoms with Crippen LogP contribution >= 0.6 is 0 Å². The molecule has 0 unspecified atom stereocenters. The Morgan fingerprint density at radius 2 is 1.87 bits per heavy atom. The van der Waals surface area contributed by atoms with E-state index in [1.807, 2.05) is 36.4 Å². The number of pyridine rings is 1. The van der Waals surface area contributed by atoms with Crippen LogP contribution in [-0.2, 0) is 13.2 Å². The summed E-state index contributed by atoms with van der Waals surface area (Å²) in [6.07, 6.45) is 5.83. The number of aromatic nitrogens is 1. The minimum absolute atomic E-state index is 0.460. The Morgan fingerprint density at radius 1 is 1.09 bits per heavy atom. The minimum Gasteiger partial charge on any atom is -0.487 e. The lowest BCUT2D eigenvalue weighted by molar-refractivity contribution is 0.0474. The molecule has 122 valence electrons. The second-order valence-corrected chi connectivity index (χ2v) is 6.25. The molecule has 0 bridgehead atoms. The van der Waals surface area contributed by atoms with Gasteiger partial charge in [-0.1, -0.05) is 37.1 Å². The SMILES string of the molecule is OC1(CNCc2ccccc2OCc2ccccn2)CCCC1. The van der Waals surface area contributed by atoms with Gasteiger partial charge in [0, 0.05) is 24.8 Å². The third-order valence-electron chi connectivity index (χ3n) is 4.38. The molecule has 2 N–H and O–H groups in total. The van der Waals surface area contributed by atoms with Crippen LogP contribution in [0.4, 0.5) is 0 Å². The van der Waals surface area contributed by atoms with Gasteiger partial charge in [-0.25, -0.2) is 0 Å². The third-order valence-corrected chi connectivity index (χ3v) is 4.38. The molecule has 3 rings (SSSR count). The molecular weight excluding hydrogens is 288 g/mol. The van der Waals surface area contributed by atoms with Crippen LogP contribution in [0.25, 0.3) is 0 Å². The molecule has 0 radical (unpaired) electrons. The third kappa shape index (κ3) is 4.53. The smallest absolute Gasteiger partial charge is 0.130 e. The number of ether oxygens (including phenoxy) is 1. The highest BCUT2D eigenvalue weighted by atomic mass is 16.5. The van der Waals surface area contributed by atoms with Gasteiger partial charge in [-0.3, -0.25) is 4.98 Å². The van der Waals surface area contributed by atoms with Crippen molar-refractivity contribution < 1.29 is 9.84 Å². The molecule has 23 heavy (non-hydrogen) atoms. The van der Waals surface area contributed by atoms with E-state index in [9.17, 15) is 5.11 Å². The molecule has 1 heterocycles. The quantitative estimate of drug-likeness (QED) is 0.825. The maximum absolute atomic E-state index is 10.4. The molecular formula is C19H24N2O2. The normalized spacial score (nSPS) is 16.4. The van der Waals surface area contributed by atoms with Crippen molar-refractivity contribution in [2.75, 3.05) is 6.54 Å². The van der Waals surface area contributed by atoms with Crippen molar-refractivity contribution in [2.45, 2.75) is 44.4 Å². The summed E-state index contributed by atoms with van der Waals surface area (Å²) < 4.78 is 5.91. The lowest BCUT2D eigenvalue weighted by Crippen LogP contribution is -2.37. The van der Waals surface area contributed by atoms with Gasteiger partial charge in [0.25, 0.3) is 0 Å². The van der Waals surface area contributed by atoms with Crippen LogP contribution in [0.1, 0.15) is 36.9 Å². The Hall–Kier alpha value is -1.91. The molecule has 1 saturated carbocycles. The number of hydrogen-bond donors (Lipinski definition) is 2. The van der Waals surface area contributed by atoms with Crippen molar-refractivity contribution in [3.05, 3.63) is 59.9 Å². The maximum Gasteiger partial charge on any atom is 0.130 e. The molecule has 1 aromatic heterocycles. The second-order valence-electron chi connectivity index (χ2n) is 6.25. The van der Waals surface area contributed by atoms with Gasteiger partial charge in [0.15, 0.2) is 0 Å². The molecule has 0 amide bonds. The van der Waals surface area contributed by atoms with E-state index in [2.05, 4.69) is 16.4 Å². The van der Waals surface area contributed by atoms with E-state index in [1.165, 1.54) is 0 Å². The van der Waals surface area contributed by atoms with E-state index in [0.29, 0.717) is 19.7 Å². The minimum atomic E-state index is -0.524. The molecule has 1 aliphatic rings. The highest BCUT2D eigenvalue weighted by Gasteiger charge is 2.30. The van der Waals surface area contributed by atoms with Crippen LogP contribution in [-0.4, -0.2) is 22.2 Å². The zero-order valence-electron chi connectivity index (χ0n) is 13.4. The van der Waals surface area contributed by atoms with Gasteiger partial charge < -0.3 is 15.2 Å². The van der Waals surface area contributed by atoms with E-state index >= 15 is 0 Å². The topological polar surface area (TPSA) is 54.4 Å². The zero-order chi connectivity index (χ0) is 16.0. The van der Waals surface area contributed by atoms with E-state index in [0.717, 1.165) is 42.7 Å². The fraction of sp³-hybridized carbons (Fsp3) is 0.421. The molecule has 0 spiro atoms. The fourth-order valence-corrected chi connectivity index (χ4v) is 3.07. The zero-order valence-corrected chi connectivity index (χ0v) is 13.4. The van der Waals surface area contributed by atoms with Crippen molar-refractivity contribution in [1.82, 2.24) is 10.3 Å². The Kier molecular flexibility index (Phi) is 5.26. The van der Waals surface area contributed by atoms with Gasteiger partial charge in [-0.15, -0.1) is 0 Å². The monoisotopic (exact) mass is 312 g/mol. The van der Waals surface area contributed by atoms with Crippen LogP contribution in [0.5, 0.6) is 5.75 Å². The van der Waals surface area contributed by atoms with E-state index in [-0.39, 0.29) is 0 Å². The first-order chi connectivity index (χ1) is 11.3. The van der Waals surface area contributed by atoms with Crippen LogP contribution in [0.3, 0.4) is 0 Å². The summed E-state index contributed by atoms with van der Waals surface area (Å²) in [5.41, 5.74) is 1.49. The average Bonchev–Trinajstić information content (AvgIpc) is 3.02. The maximum atomic E-state index is 10.4. The summed E-state index contributed by atoms with van der Waals surface area (Å²) in [5.74, 6) is 0.865. The number of nitrogens with zero attached hydrogens (tertiary/aromatic N) is 1. The number of aliphatic hydroxyl groups is 1. The molecule has 2 aromatic rings. The Balaban J connectivity index is 1.55. The predicted octanol–water partition coefficient (Wildman–Crippen LogP) is 3.06. The first-order valence-electron chi connectivity index (χ1n) is 8.29. The summed E-state index contributed by atoms with van der Waals surface area (Å²) in [7, 11) is 0. The fourth-order valence-electron chi connectivity index (χ4n) is 3.07. The van der Waals surface area contributed by atoms with E-state index < -0.39 is 5.60 Å². The van der Waals surface area contributed by atoms with Crippen molar-refractivity contribution in [3.8, 4) is 5.75 Å². The number of rotatable bonds is 7. The Bertz CT molecular complexity index is 610. The summed E-state index contributed by atoms with van der Waals surface area (Å²) in [5, 5.41) is 13.8. The molecule has 0 aliphatic heterocycles. The van der Waals surface area contributed by atoms with Crippen molar-refractivity contribution >= 4 is 0 Å². The van der Waals surface area contributed by atoms with Crippen LogP contribution < -0.4 is 10.1 Å². The van der Waals surface area contributed by atoms with Gasteiger partial charge in [0.05, 0.1) is 11.3 Å². The standard InChI is InChI=1S/C19H24N2O2/c22-19(10-4-5-11-19)15-20-13-16-7-1-2-9-18(16)23-14-17-8-3-6-12-21-17/h1-3,6-9,12,20,22H,4-5,10-11,13-15H2. The predicted molar refractivity (Wildman–Crippen MR) is 90.1 cm³/mol. The average molecular weight is 312 g/mol. The molecule has 4 heteroatoms. The van der Waals surface area contributed by atoms with E-state index in [1.54, 1.807) is 6.20 Å². The van der Waals surface area contributed by atoms with Gasteiger partial charge >= 0.3 is 0 Å². The van der Waals surface area contributed by atoms with Gasteiger partial charge in [0.2, 0.25) is 0 Å². The Morgan fingerprint density at radius 3 is 2.65 bits per heavy atom. The highest BCUT2D eigenvalue weighted by molar-refractivity contribution is 5.33. The molecule has 4 nitrogen and oxygen atoms in total. The van der Waals surface area contributed by atoms with Crippen LogP contribution in [0.15, 0.2) is 48.7 Å². The highest BCUT2D eigenvalue weighted by Crippen LogP contribution is 2.28.